The Morgan fingerprint density at radius 1 is 1.28 bits per heavy atom. The van der Waals surface area contributed by atoms with Gasteiger partial charge in [0.15, 0.2) is 0 Å². The minimum absolute atomic E-state index is 0.0402. The van der Waals surface area contributed by atoms with Gasteiger partial charge < -0.3 is 10.6 Å². The standard InChI is InChI=1S/C18H26F3N3O/c1-3-24(4-2)16(12-23-17(25)15-6-5-11-22-15)13-7-9-14(10-8-13)18(19,20)21/h7-10,15-16,22H,3-6,11-12H2,1-2H3,(H,23,25). The Balaban J connectivity index is 2.10. The number of carbonyl (C=O) groups is 1. The van der Waals surface area contributed by atoms with E-state index in [2.05, 4.69) is 15.5 Å². The maximum Gasteiger partial charge on any atom is 0.416 e. The Hall–Kier alpha value is -1.60. The van der Waals surface area contributed by atoms with Crippen molar-refractivity contribution in [1.29, 1.82) is 0 Å². The van der Waals surface area contributed by atoms with Gasteiger partial charge in [-0.2, -0.15) is 13.2 Å². The van der Waals surface area contributed by atoms with Gasteiger partial charge in [0.25, 0.3) is 0 Å². The summed E-state index contributed by atoms with van der Waals surface area (Å²) >= 11 is 0. The van der Waals surface area contributed by atoms with Crippen molar-refractivity contribution in [3.05, 3.63) is 35.4 Å². The number of hydrogen-bond donors (Lipinski definition) is 2. The van der Waals surface area contributed by atoms with Crippen molar-refractivity contribution >= 4 is 5.91 Å². The summed E-state index contributed by atoms with van der Waals surface area (Å²) in [6, 6.07) is 4.91. The minimum Gasteiger partial charge on any atom is -0.353 e. The summed E-state index contributed by atoms with van der Waals surface area (Å²) in [4.78, 5) is 14.4. The van der Waals surface area contributed by atoms with E-state index in [0.717, 1.165) is 50.2 Å². The van der Waals surface area contributed by atoms with Crippen LogP contribution in [0.5, 0.6) is 0 Å². The average molecular weight is 357 g/mol. The van der Waals surface area contributed by atoms with Crippen LogP contribution in [0.4, 0.5) is 13.2 Å². The third-order valence-corrected chi connectivity index (χ3v) is 4.72. The molecule has 4 nitrogen and oxygen atoms in total. The Labute approximate surface area is 146 Å². The maximum absolute atomic E-state index is 12.8. The van der Waals surface area contributed by atoms with Crippen LogP contribution in [0.1, 0.15) is 43.9 Å². The van der Waals surface area contributed by atoms with Crippen molar-refractivity contribution in [2.75, 3.05) is 26.2 Å². The molecule has 1 fully saturated rings. The number of benzene rings is 1. The summed E-state index contributed by atoms with van der Waals surface area (Å²) < 4.78 is 38.3. The third kappa shape index (κ3) is 5.19. The van der Waals surface area contributed by atoms with E-state index in [-0.39, 0.29) is 18.0 Å². The third-order valence-electron chi connectivity index (χ3n) is 4.72. The van der Waals surface area contributed by atoms with Crippen LogP contribution in [0.15, 0.2) is 24.3 Å². The van der Waals surface area contributed by atoms with Gasteiger partial charge in [-0.15, -0.1) is 0 Å². The molecule has 0 saturated carbocycles. The van der Waals surface area contributed by atoms with Crippen molar-refractivity contribution in [3.63, 3.8) is 0 Å². The molecule has 1 aliphatic heterocycles. The van der Waals surface area contributed by atoms with Crippen molar-refractivity contribution < 1.29 is 18.0 Å². The Bertz CT molecular complexity index is 550. The fraction of sp³-hybridized carbons (Fsp3) is 0.611. The first-order chi connectivity index (χ1) is 11.9. The molecule has 1 aliphatic rings. The number of alkyl halides is 3. The van der Waals surface area contributed by atoms with Crippen molar-refractivity contribution in [2.45, 2.75) is 44.9 Å². The fourth-order valence-electron chi connectivity index (χ4n) is 3.25. The lowest BCUT2D eigenvalue weighted by Crippen LogP contribution is -2.44. The number of likely N-dealkylation sites (N-methyl/N-ethyl adjacent to an activating group) is 1. The smallest absolute Gasteiger partial charge is 0.353 e. The van der Waals surface area contributed by atoms with Gasteiger partial charge in [0.05, 0.1) is 17.6 Å². The van der Waals surface area contributed by atoms with Gasteiger partial charge in [-0.3, -0.25) is 9.69 Å². The molecular weight excluding hydrogens is 331 g/mol. The van der Waals surface area contributed by atoms with E-state index in [1.54, 1.807) is 0 Å². The second-order valence-corrected chi connectivity index (χ2v) is 6.25. The number of nitrogens with one attached hydrogen (secondary N) is 2. The number of hydrogen-bond acceptors (Lipinski definition) is 3. The molecule has 1 aromatic rings. The largest absolute Gasteiger partial charge is 0.416 e. The summed E-state index contributed by atoms with van der Waals surface area (Å²) in [5, 5.41) is 6.10. The highest BCUT2D eigenvalue weighted by atomic mass is 19.4. The van der Waals surface area contributed by atoms with Crippen LogP contribution in [0.2, 0.25) is 0 Å². The lowest BCUT2D eigenvalue weighted by molar-refractivity contribution is -0.137. The molecule has 0 radical (unpaired) electrons. The van der Waals surface area contributed by atoms with Gasteiger partial charge in [0.2, 0.25) is 5.91 Å². The fourth-order valence-corrected chi connectivity index (χ4v) is 3.25. The summed E-state index contributed by atoms with van der Waals surface area (Å²) in [6.45, 7) is 6.72. The van der Waals surface area contributed by atoms with Gasteiger partial charge in [-0.05, 0) is 50.2 Å². The van der Waals surface area contributed by atoms with Gasteiger partial charge >= 0.3 is 6.18 Å². The number of nitrogens with zero attached hydrogens (tertiary/aromatic N) is 1. The Morgan fingerprint density at radius 3 is 2.40 bits per heavy atom. The highest BCUT2D eigenvalue weighted by molar-refractivity contribution is 5.82. The predicted octanol–water partition coefficient (Wildman–Crippen LogP) is 2.96. The first-order valence-corrected chi connectivity index (χ1v) is 8.79. The summed E-state index contributed by atoms with van der Waals surface area (Å²) in [5.41, 5.74) is 0.116. The highest BCUT2D eigenvalue weighted by Crippen LogP contribution is 2.30. The molecular formula is C18H26F3N3O. The summed E-state index contributed by atoms with van der Waals surface area (Å²) in [7, 11) is 0. The molecule has 0 aromatic heterocycles. The first kappa shape index (κ1) is 19.7. The van der Waals surface area contributed by atoms with E-state index in [1.807, 2.05) is 13.8 Å². The molecule has 1 heterocycles. The average Bonchev–Trinajstić information content (AvgIpc) is 3.12. The normalized spacial score (nSPS) is 19.2. The van der Waals surface area contributed by atoms with Gasteiger partial charge in [0, 0.05) is 6.54 Å². The maximum atomic E-state index is 12.8. The van der Waals surface area contributed by atoms with Crippen LogP contribution in [0.3, 0.4) is 0 Å². The second-order valence-electron chi connectivity index (χ2n) is 6.25. The van der Waals surface area contributed by atoms with Crippen LogP contribution in [0.25, 0.3) is 0 Å². The Morgan fingerprint density at radius 2 is 1.92 bits per heavy atom. The van der Waals surface area contributed by atoms with Gasteiger partial charge in [-0.1, -0.05) is 26.0 Å². The number of amides is 1. The van der Waals surface area contributed by atoms with Crippen LogP contribution in [0, 0.1) is 0 Å². The summed E-state index contributed by atoms with van der Waals surface area (Å²) in [6.07, 6.45) is -2.54. The van der Waals surface area contributed by atoms with Crippen molar-refractivity contribution in [2.24, 2.45) is 0 Å². The van der Waals surface area contributed by atoms with Crippen LogP contribution >= 0.6 is 0 Å². The van der Waals surface area contributed by atoms with E-state index in [1.165, 1.54) is 12.1 Å². The number of carbonyl (C=O) groups excluding carboxylic acids is 1. The van der Waals surface area contributed by atoms with E-state index < -0.39 is 11.7 Å². The van der Waals surface area contributed by atoms with E-state index in [0.29, 0.717) is 6.54 Å². The molecule has 1 aromatic carbocycles. The quantitative estimate of drug-likeness (QED) is 0.789. The van der Waals surface area contributed by atoms with Gasteiger partial charge in [-0.25, -0.2) is 0 Å². The van der Waals surface area contributed by atoms with E-state index >= 15 is 0 Å². The molecule has 2 unspecified atom stereocenters. The predicted molar refractivity (Wildman–Crippen MR) is 91.1 cm³/mol. The zero-order valence-electron chi connectivity index (χ0n) is 14.7. The molecule has 1 saturated heterocycles. The van der Waals surface area contributed by atoms with Crippen LogP contribution in [-0.4, -0.2) is 43.0 Å². The molecule has 25 heavy (non-hydrogen) atoms. The molecule has 2 rings (SSSR count). The lowest BCUT2D eigenvalue weighted by atomic mass is 10.0. The highest BCUT2D eigenvalue weighted by Gasteiger charge is 2.31. The minimum atomic E-state index is -4.34. The SMILES string of the molecule is CCN(CC)C(CNC(=O)C1CCCN1)c1ccc(C(F)(F)F)cc1. The first-order valence-electron chi connectivity index (χ1n) is 8.79. The molecule has 2 N–H and O–H groups in total. The lowest BCUT2D eigenvalue weighted by Gasteiger charge is -2.31. The molecule has 0 bridgehead atoms. The molecule has 7 heteroatoms. The number of rotatable bonds is 7. The number of halogens is 3. The monoisotopic (exact) mass is 357 g/mol. The van der Waals surface area contributed by atoms with Crippen LogP contribution < -0.4 is 10.6 Å². The van der Waals surface area contributed by atoms with Crippen LogP contribution in [-0.2, 0) is 11.0 Å². The molecule has 0 spiro atoms. The molecule has 1 amide bonds. The van der Waals surface area contributed by atoms with Crippen molar-refractivity contribution in [1.82, 2.24) is 15.5 Å². The zero-order chi connectivity index (χ0) is 18.4. The van der Waals surface area contributed by atoms with E-state index in [9.17, 15) is 18.0 Å². The molecule has 140 valence electrons. The summed E-state index contributed by atoms with van der Waals surface area (Å²) in [5.74, 6) is -0.0402. The second kappa shape index (κ2) is 8.67. The topological polar surface area (TPSA) is 44.4 Å². The van der Waals surface area contributed by atoms with Crippen molar-refractivity contribution in [3.8, 4) is 0 Å². The Kier molecular flexibility index (Phi) is 6.84. The molecule has 2 atom stereocenters. The molecule has 0 aliphatic carbocycles. The zero-order valence-corrected chi connectivity index (χ0v) is 14.7. The van der Waals surface area contributed by atoms with E-state index in [4.69, 9.17) is 0 Å². The van der Waals surface area contributed by atoms with Gasteiger partial charge in [0.1, 0.15) is 0 Å².